The summed E-state index contributed by atoms with van der Waals surface area (Å²) in [4.78, 5) is 8.51. The molecule has 0 radical (unpaired) electrons. The molecule has 0 spiro atoms. The molecule has 0 saturated carbocycles. The highest BCUT2D eigenvalue weighted by Gasteiger charge is 2.14. The zero-order valence-corrected chi connectivity index (χ0v) is 12.1. The van der Waals surface area contributed by atoms with Crippen LogP contribution in [0.15, 0.2) is 45.5 Å². The summed E-state index contributed by atoms with van der Waals surface area (Å²) >= 11 is 3.40. The molecule has 0 saturated heterocycles. The number of aromatic nitrogens is 3. The van der Waals surface area contributed by atoms with Crippen molar-refractivity contribution in [3.05, 3.63) is 46.6 Å². The molecule has 3 rings (SSSR count). The van der Waals surface area contributed by atoms with E-state index in [1.807, 2.05) is 25.1 Å². The van der Waals surface area contributed by atoms with E-state index in [0.29, 0.717) is 23.0 Å². The van der Waals surface area contributed by atoms with E-state index in [0.717, 1.165) is 10.0 Å². The molecule has 0 aliphatic heterocycles. The normalized spacial score (nSPS) is 10.7. The lowest BCUT2D eigenvalue weighted by Gasteiger charge is -1.99. The summed E-state index contributed by atoms with van der Waals surface area (Å²) in [6, 6.07) is 8.88. The van der Waals surface area contributed by atoms with Gasteiger partial charge in [0.25, 0.3) is 5.89 Å². The fraction of sp³-hybridized carbons (Fsp3) is 0.0714. The van der Waals surface area contributed by atoms with Crippen LogP contribution in [0.3, 0.4) is 0 Å². The maximum absolute atomic E-state index is 9.72. The number of aryl methyl sites for hydroxylation is 1. The van der Waals surface area contributed by atoms with Gasteiger partial charge >= 0.3 is 0 Å². The van der Waals surface area contributed by atoms with Gasteiger partial charge in [0, 0.05) is 16.2 Å². The van der Waals surface area contributed by atoms with Crippen LogP contribution in [0.2, 0.25) is 0 Å². The lowest BCUT2D eigenvalue weighted by Crippen LogP contribution is -1.86. The molecular weight excluding hydrogens is 322 g/mol. The Morgan fingerprint density at radius 2 is 2.10 bits per heavy atom. The quantitative estimate of drug-likeness (QED) is 0.777. The Balaban J connectivity index is 2.02. The van der Waals surface area contributed by atoms with Crippen LogP contribution in [0.1, 0.15) is 5.56 Å². The monoisotopic (exact) mass is 331 g/mol. The fourth-order valence-electron chi connectivity index (χ4n) is 1.73. The molecule has 0 amide bonds. The lowest BCUT2D eigenvalue weighted by atomic mass is 10.1. The average molecular weight is 332 g/mol. The Morgan fingerprint density at radius 1 is 1.25 bits per heavy atom. The van der Waals surface area contributed by atoms with Gasteiger partial charge in [-0.3, -0.25) is 4.98 Å². The van der Waals surface area contributed by atoms with E-state index >= 15 is 0 Å². The molecule has 0 aliphatic carbocycles. The van der Waals surface area contributed by atoms with Crippen LogP contribution < -0.4 is 0 Å². The molecule has 1 aromatic carbocycles. The number of hydrogen-bond donors (Lipinski definition) is 1. The number of rotatable bonds is 2. The smallest absolute Gasteiger partial charge is 0.258 e. The maximum Gasteiger partial charge on any atom is 0.258 e. The largest absolute Gasteiger partial charge is 0.508 e. The highest BCUT2D eigenvalue weighted by molar-refractivity contribution is 9.10. The van der Waals surface area contributed by atoms with Gasteiger partial charge < -0.3 is 9.63 Å². The van der Waals surface area contributed by atoms with Crippen LogP contribution in [-0.4, -0.2) is 20.2 Å². The number of aromatic hydroxyl groups is 1. The molecule has 0 fully saturated rings. The lowest BCUT2D eigenvalue weighted by molar-refractivity contribution is 0.431. The molecule has 5 nitrogen and oxygen atoms in total. The second kappa shape index (κ2) is 5.05. The molecule has 0 aliphatic rings. The van der Waals surface area contributed by atoms with E-state index in [4.69, 9.17) is 4.52 Å². The molecule has 6 heteroatoms. The molecular formula is C14H10BrN3O2. The van der Waals surface area contributed by atoms with Gasteiger partial charge in [-0.25, -0.2) is 0 Å². The first-order chi connectivity index (χ1) is 9.65. The number of phenols is 1. The van der Waals surface area contributed by atoms with Crippen molar-refractivity contribution in [2.45, 2.75) is 6.92 Å². The second-order valence-electron chi connectivity index (χ2n) is 4.26. The van der Waals surface area contributed by atoms with Gasteiger partial charge in [-0.2, -0.15) is 4.98 Å². The predicted octanol–water partition coefficient (Wildman–Crippen LogP) is 3.58. The van der Waals surface area contributed by atoms with Crippen molar-refractivity contribution in [2.75, 3.05) is 0 Å². The Labute approximate surface area is 123 Å². The molecule has 3 aromatic rings. The molecule has 0 bridgehead atoms. The van der Waals surface area contributed by atoms with Crippen molar-refractivity contribution in [1.29, 1.82) is 0 Å². The van der Waals surface area contributed by atoms with Crippen molar-refractivity contribution >= 4 is 15.9 Å². The van der Waals surface area contributed by atoms with Gasteiger partial charge in [-0.15, -0.1) is 0 Å². The van der Waals surface area contributed by atoms with Crippen LogP contribution in [0.5, 0.6) is 5.75 Å². The van der Waals surface area contributed by atoms with E-state index in [-0.39, 0.29) is 5.75 Å². The summed E-state index contributed by atoms with van der Waals surface area (Å²) in [6.07, 6.45) is 1.66. The van der Waals surface area contributed by atoms with Crippen molar-refractivity contribution in [3.8, 4) is 28.7 Å². The van der Waals surface area contributed by atoms with Crippen molar-refractivity contribution in [2.24, 2.45) is 0 Å². The third-order valence-electron chi connectivity index (χ3n) is 2.85. The van der Waals surface area contributed by atoms with Crippen molar-refractivity contribution < 1.29 is 9.63 Å². The van der Waals surface area contributed by atoms with Crippen LogP contribution in [0.4, 0.5) is 0 Å². The van der Waals surface area contributed by atoms with Gasteiger partial charge in [-0.1, -0.05) is 11.2 Å². The molecule has 0 atom stereocenters. The first-order valence-electron chi connectivity index (χ1n) is 5.90. The van der Waals surface area contributed by atoms with Crippen molar-refractivity contribution in [3.63, 3.8) is 0 Å². The minimum Gasteiger partial charge on any atom is -0.508 e. The zero-order chi connectivity index (χ0) is 14.1. The summed E-state index contributed by atoms with van der Waals surface area (Å²) in [5, 5.41) is 13.6. The van der Waals surface area contributed by atoms with Crippen LogP contribution in [-0.2, 0) is 0 Å². The third-order valence-corrected chi connectivity index (χ3v) is 3.49. The maximum atomic E-state index is 9.72. The van der Waals surface area contributed by atoms with Crippen LogP contribution >= 0.6 is 15.9 Å². The third kappa shape index (κ3) is 2.30. The van der Waals surface area contributed by atoms with Crippen LogP contribution in [0, 0.1) is 6.92 Å². The van der Waals surface area contributed by atoms with E-state index in [2.05, 4.69) is 31.1 Å². The molecule has 100 valence electrons. The number of pyridine rings is 1. The number of phenolic OH excluding ortho intramolecular Hbond substituents is 1. The zero-order valence-electron chi connectivity index (χ0n) is 10.5. The van der Waals surface area contributed by atoms with Gasteiger partial charge in [0.15, 0.2) is 0 Å². The summed E-state index contributed by atoms with van der Waals surface area (Å²) in [5.74, 6) is 0.932. The van der Waals surface area contributed by atoms with Crippen molar-refractivity contribution in [1.82, 2.24) is 15.1 Å². The first-order valence-corrected chi connectivity index (χ1v) is 6.69. The Hall–Kier alpha value is -2.21. The Bertz CT molecular complexity index is 771. The highest BCUT2D eigenvalue weighted by Crippen LogP contribution is 2.28. The summed E-state index contributed by atoms with van der Waals surface area (Å²) < 4.78 is 6.01. The van der Waals surface area contributed by atoms with E-state index < -0.39 is 0 Å². The summed E-state index contributed by atoms with van der Waals surface area (Å²) in [6.45, 7) is 1.82. The molecule has 0 unspecified atom stereocenters. The second-order valence-corrected chi connectivity index (χ2v) is 5.11. The molecule has 20 heavy (non-hydrogen) atoms. The van der Waals surface area contributed by atoms with Gasteiger partial charge in [-0.05, 0) is 52.7 Å². The van der Waals surface area contributed by atoms with Crippen LogP contribution in [0.25, 0.3) is 23.0 Å². The molecule has 2 aromatic heterocycles. The number of halogens is 1. The predicted molar refractivity (Wildman–Crippen MR) is 77.1 cm³/mol. The topological polar surface area (TPSA) is 72.0 Å². The first kappa shape index (κ1) is 12.8. The van der Waals surface area contributed by atoms with Gasteiger partial charge in [0.05, 0.1) is 0 Å². The minimum atomic E-state index is 0.196. The van der Waals surface area contributed by atoms with E-state index in [1.54, 1.807) is 18.3 Å². The highest BCUT2D eigenvalue weighted by atomic mass is 79.9. The van der Waals surface area contributed by atoms with E-state index in [1.165, 1.54) is 0 Å². The Kier molecular flexibility index (Phi) is 3.23. The van der Waals surface area contributed by atoms with Gasteiger partial charge in [0.1, 0.15) is 11.4 Å². The number of nitrogens with zero attached hydrogens (tertiary/aromatic N) is 3. The Morgan fingerprint density at radius 3 is 2.85 bits per heavy atom. The summed E-state index contributed by atoms with van der Waals surface area (Å²) in [7, 11) is 0. The van der Waals surface area contributed by atoms with E-state index in [9.17, 15) is 5.11 Å². The summed E-state index contributed by atoms with van der Waals surface area (Å²) in [5.41, 5.74) is 2.07. The number of benzene rings is 1. The molecule has 2 heterocycles. The average Bonchev–Trinajstić information content (AvgIpc) is 2.92. The SMILES string of the molecule is Cc1ccc(-c2nc(-c3ncccc3Br)no2)cc1O. The number of hydrogen-bond acceptors (Lipinski definition) is 5. The standard InChI is InChI=1S/C14H10BrN3O2/c1-8-4-5-9(7-11(8)19)14-17-13(18-20-14)12-10(15)3-2-6-16-12/h2-7,19H,1H3. The fourth-order valence-corrected chi connectivity index (χ4v) is 2.16. The van der Waals surface area contributed by atoms with Gasteiger partial charge in [0.2, 0.25) is 5.82 Å². The molecule has 1 N–H and O–H groups in total. The minimum absolute atomic E-state index is 0.196.